The number of aliphatic imine (C=N–C) groups is 1. The number of carbonyl (C=O) groups excluding carboxylic acids is 1. The molecule has 1 aliphatic heterocycles. The third-order valence-electron chi connectivity index (χ3n) is 4.20. The summed E-state index contributed by atoms with van der Waals surface area (Å²) in [6.45, 7) is 4.00. The molecule has 1 heterocycles. The Morgan fingerprint density at radius 2 is 2.08 bits per heavy atom. The first-order valence-corrected chi connectivity index (χ1v) is 10.2. The normalized spacial score (nSPS) is 18.2. The van der Waals surface area contributed by atoms with Gasteiger partial charge in [0.2, 0.25) is 5.91 Å². The number of halogens is 1. The number of hydrogen-bond acceptors (Lipinski definition) is 3. The third kappa shape index (κ3) is 7.61. The Morgan fingerprint density at radius 1 is 1.35 bits per heavy atom. The van der Waals surface area contributed by atoms with Crippen LogP contribution < -0.4 is 10.6 Å². The van der Waals surface area contributed by atoms with Gasteiger partial charge in [0.15, 0.2) is 5.96 Å². The Balaban J connectivity index is 0.00000338. The number of rotatable bonds is 7. The molecule has 1 fully saturated rings. The molecule has 1 aromatic carbocycles. The minimum absolute atomic E-state index is 0. The van der Waals surface area contributed by atoms with Crippen molar-refractivity contribution in [1.82, 2.24) is 15.5 Å². The number of likely N-dealkylation sites (tertiary alicyclic amines) is 1. The van der Waals surface area contributed by atoms with Crippen molar-refractivity contribution in [3.05, 3.63) is 35.9 Å². The molecule has 1 amide bonds. The Labute approximate surface area is 175 Å². The first-order chi connectivity index (χ1) is 12.1. The van der Waals surface area contributed by atoms with Crippen LogP contribution in [0.2, 0.25) is 0 Å². The number of carbonyl (C=O) groups is 1. The monoisotopic (exact) mass is 492 g/mol. The second-order valence-corrected chi connectivity index (χ2v) is 7.67. The quantitative estimate of drug-likeness (QED) is 0.346. The zero-order valence-corrected chi connectivity index (χ0v) is 18.6. The van der Waals surface area contributed by atoms with Gasteiger partial charge in [0.25, 0.3) is 0 Å². The van der Waals surface area contributed by atoms with Crippen molar-refractivity contribution >= 4 is 46.6 Å². The van der Waals surface area contributed by atoms with E-state index in [1.54, 1.807) is 7.05 Å². The lowest BCUT2D eigenvalue weighted by molar-refractivity contribution is -0.129. The molecule has 146 valence electrons. The van der Waals surface area contributed by atoms with E-state index in [0.29, 0.717) is 37.0 Å². The molecule has 1 aliphatic rings. The molecule has 2 N–H and O–H groups in total. The van der Waals surface area contributed by atoms with Gasteiger partial charge >= 0.3 is 0 Å². The van der Waals surface area contributed by atoms with E-state index in [1.165, 1.54) is 0 Å². The number of nitrogens with one attached hydrogen (secondary N) is 2. The SMILES string of the molecule is CCC(=O)N1CCC(NC(=NC)NCCS(=O)Cc2ccccc2)C1.I. The Hall–Kier alpha value is -1.16. The number of hydrogen-bond donors (Lipinski definition) is 2. The maximum atomic E-state index is 12.1. The van der Waals surface area contributed by atoms with E-state index in [0.717, 1.165) is 18.5 Å². The van der Waals surface area contributed by atoms with E-state index < -0.39 is 10.8 Å². The number of nitrogens with zero attached hydrogens (tertiary/aromatic N) is 2. The van der Waals surface area contributed by atoms with Crippen LogP contribution in [0.5, 0.6) is 0 Å². The minimum atomic E-state index is -0.905. The van der Waals surface area contributed by atoms with E-state index in [1.807, 2.05) is 42.2 Å². The van der Waals surface area contributed by atoms with Gasteiger partial charge in [-0.05, 0) is 12.0 Å². The van der Waals surface area contributed by atoms with Crippen molar-refractivity contribution in [1.29, 1.82) is 0 Å². The van der Waals surface area contributed by atoms with E-state index in [4.69, 9.17) is 0 Å². The van der Waals surface area contributed by atoms with Crippen LogP contribution in [0.4, 0.5) is 0 Å². The summed E-state index contributed by atoms with van der Waals surface area (Å²) in [5, 5.41) is 6.56. The molecular weight excluding hydrogens is 463 g/mol. The van der Waals surface area contributed by atoms with Crippen molar-refractivity contribution in [3.8, 4) is 0 Å². The lowest BCUT2D eigenvalue weighted by Gasteiger charge is -2.18. The summed E-state index contributed by atoms with van der Waals surface area (Å²) < 4.78 is 12.1. The smallest absolute Gasteiger partial charge is 0.222 e. The third-order valence-corrected chi connectivity index (χ3v) is 5.52. The maximum absolute atomic E-state index is 12.1. The molecule has 2 unspecified atom stereocenters. The van der Waals surface area contributed by atoms with E-state index in [2.05, 4.69) is 15.6 Å². The second-order valence-electron chi connectivity index (χ2n) is 6.10. The molecule has 0 aromatic heterocycles. The van der Waals surface area contributed by atoms with Gasteiger partial charge in [0, 0.05) is 61.4 Å². The molecule has 2 atom stereocenters. The second kappa shape index (κ2) is 12.3. The molecular formula is C18H29IN4O2S. The average molecular weight is 492 g/mol. The summed E-state index contributed by atoms with van der Waals surface area (Å²) in [5.41, 5.74) is 1.09. The largest absolute Gasteiger partial charge is 0.355 e. The van der Waals surface area contributed by atoms with Gasteiger partial charge in [-0.3, -0.25) is 14.0 Å². The van der Waals surface area contributed by atoms with Crippen LogP contribution in [-0.2, 0) is 21.3 Å². The van der Waals surface area contributed by atoms with Crippen molar-refractivity contribution in [2.45, 2.75) is 31.6 Å². The molecule has 2 rings (SSSR count). The van der Waals surface area contributed by atoms with Gasteiger partial charge in [-0.15, -0.1) is 24.0 Å². The lowest BCUT2D eigenvalue weighted by atomic mass is 10.2. The highest BCUT2D eigenvalue weighted by Gasteiger charge is 2.25. The highest BCUT2D eigenvalue weighted by Crippen LogP contribution is 2.10. The lowest BCUT2D eigenvalue weighted by Crippen LogP contribution is -2.45. The van der Waals surface area contributed by atoms with Crippen molar-refractivity contribution in [2.75, 3.05) is 32.4 Å². The van der Waals surface area contributed by atoms with Gasteiger partial charge in [0.05, 0.1) is 0 Å². The summed E-state index contributed by atoms with van der Waals surface area (Å²) >= 11 is 0. The fourth-order valence-electron chi connectivity index (χ4n) is 2.83. The number of guanidine groups is 1. The molecule has 6 nitrogen and oxygen atoms in total. The van der Waals surface area contributed by atoms with Crippen molar-refractivity contribution < 1.29 is 9.00 Å². The predicted molar refractivity (Wildman–Crippen MR) is 118 cm³/mol. The van der Waals surface area contributed by atoms with Crippen LogP contribution in [0.15, 0.2) is 35.3 Å². The van der Waals surface area contributed by atoms with E-state index in [-0.39, 0.29) is 35.9 Å². The van der Waals surface area contributed by atoms with Gasteiger partial charge < -0.3 is 15.5 Å². The van der Waals surface area contributed by atoms with Crippen LogP contribution in [0.3, 0.4) is 0 Å². The molecule has 1 saturated heterocycles. The highest BCUT2D eigenvalue weighted by atomic mass is 127. The number of amides is 1. The topological polar surface area (TPSA) is 73.8 Å². The Morgan fingerprint density at radius 3 is 2.73 bits per heavy atom. The standard InChI is InChI=1S/C18H28N4O2S.HI/c1-3-17(23)22-11-9-16(13-22)21-18(19-2)20-10-12-25(24)14-15-7-5-4-6-8-15;/h4-8,16H,3,9-14H2,1-2H3,(H2,19,20,21);1H. The van der Waals surface area contributed by atoms with Crippen LogP contribution in [0.25, 0.3) is 0 Å². The van der Waals surface area contributed by atoms with Crippen LogP contribution in [0, 0.1) is 0 Å². The van der Waals surface area contributed by atoms with Crippen LogP contribution >= 0.6 is 24.0 Å². The molecule has 0 spiro atoms. The predicted octanol–water partition coefficient (Wildman–Crippen LogP) is 1.73. The summed E-state index contributed by atoms with van der Waals surface area (Å²) in [6, 6.07) is 10.1. The van der Waals surface area contributed by atoms with Gasteiger partial charge in [-0.25, -0.2) is 0 Å². The summed E-state index contributed by atoms with van der Waals surface area (Å²) in [7, 11) is 0.818. The summed E-state index contributed by atoms with van der Waals surface area (Å²) in [5.74, 6) is 2.04. The first-order valence-electron chi connectivity index (χ1n) is 8.76. The van der Waals surface area contributed by atoms with Crippen molar-refractivity contribution in [2.24, 2.45) is 4.99 Å². The number of benzene rings is 1. The highest BCUT2D eigenvalue weighted by molar-refractivity contribution is 14.0. The zero-order chi connectivity index (χ0) is 18.1. The molecule has 8 heteroatoms. The van der Waals surface area contributed by atoms with Gasteiger partial charge in [0.1, 0.15) is 0 Å². The average Bonchev–Trinajstić information content (AvgIpc) is 3.09. The molecule has 1 aromatic rings. The van der Waals surface area contributed by atoms with E-state index >= 15 is 0 Å². The summed E-state index contributed by atoms with van der Waals surface area (Å²) in [4.78, 5) is 17.8. The molecule has 0 saturated carbocycles. The first kappa shape index (κ1) is 22.9. The maximum Gasteiger partial charge on any atom is 0.222 e. The van der Waals surface area contributed by atoms with E-state index in [9.17, 15) is 9.00 Å². The Kier molecular flexibility index (Phi) is 10.8. The molecule has 26 heavy (non-hydrogen) atoms. The zero-order valence-electron chi connectivity index (χ0n) is 15.4. The molecule has 0 bridgehead atoms. The minimum Gasteiger partial charge on any atom is -0.355 e. The van der Waals surface area contributed by atoms with Crippen LogP contribution in [0.1, 0.15) is 25.3 Å². The molecule has 0 radical (unpaired) electrons. The van der Waals surface area contributed by atoms with Crippen LogP contribution in [-0.4, -0.2) is 59.5 Å². The Bertz CT molecular complexity index is 612. The molecule has 0 aliphatic carbocycles. The van der Waals surface area contributed by atoms with Gasteiger partial charge in [-0.1, -0.05) is 37.3 Å². The van der Waals surface area contributed by atoms with Crippen molar-refractivity contribution in [3.63, 3.8) is 0 Å². The van der Waals surface area contributed by atoms with Gasteiger partial charge in [-0.2, -0.15) is 0 Å². The fraction of sp³-hybridized carbons (Fsp3) is 0.556. The summed E-state index contributed by atoms with van der Waals surface area (Å²) in [6.07, 6.45) is 1.47. The fourth-order valence-corrected chi connectivity index (χ4v) is 3.87.